The van der Waals surface area contributed by atoms with Crippen molar-refractivity contribution in [2.75, 3.05) is 6.54 Å². The smallest absolute Gasteiger partial charge is 0.321 e. The summed E-state index contributed by atoms with van der Waals surface area (Å²) in [5.74, 6) is -0.849. The van der Waals surface area contributed by atoms with Crippen molar-refractivity contribution in [2.24, 2.45) is 0 Å². The molecule has 1 aliphatic heterocycles. The molecule has 0 aliphatic carbocycles. The molecule has 0 bridgehead atoms. The molecule has 0 unspecified atom stereocenters. The van der Waals surface area contributed by atoms with Crippen LogP contribution in [0, 0.1) is 0 Å². The zero-order valence-electron chi connectivity index (χ0n) is 10.3. The molecular formula is C14H15NO3S. The average molecular weight is 277 g/mol. The Morgan fingerprint density at radius 2 is 2.21 bits per heavy atom. The van der Waals surface area contributed by atoms with Gasteiger partial charge in [0.25, 0.3) is 0 Å². The molecule has 0 radical (unpaired) electrons. The van der Waals surface area contributed by atoms with Crippen LogP contribution < -0.4 is 0 Å². The van der Waals surface area contributed by atoms with Crippen molar-refractivity contribution >= 4 is 27.4 Å². The van der Waals surface area contributed by atoms with Gasteiger partial charge in [0.05, 0.1) is 6.10 Å². The van der Waals surface area contributed by atoms with Gasteiger partial charge in [-0.1, -0.05) is 18.2 Å². The molecule has 1 aromatic heterocycles. The molecule has 0 amide bonds. The van der Waals surface area contributed by atoms with Crippen LogP contribution in [0.5, 0.6) is 0 Å². The molecule has 1 fully saturated rings. The molecule has 0 saturated carbocycles. The fourth-order valence-electron chi connectivity index (χ4n) is 2.63. The summed E-state index contributed by atoms with van der Waals surface area (Å²) in [4.78, 5) is 14.2. The number of carboxylic acids is 1. The second-order valence-electron chi connectivity index (χ2n) is 4.92. The van der Waals surface area contributed by atoms with Gasteiger partial charge in [-0.05, 0) is 17.5 Å². The fourth-order valence-corrected chi connectivity index (χ4v) is 3.72. The van der Waals surface area contributed by atoms with Gasteiger partial charge in [-0.3, -0.25) is 9.69 Å². The Bertz CT molecular complexity index is 577. The third-order valence-corrected chi connectivity index (χ3v) is 4.60. The summed E-state index contributed by atoms with van der Waals surface area (Å²) in [5, 5.41) is 20.0. The lowest BCUT2D eigenvalue weighted by atomic mass is 10.2. The van der Waals surface area contributed by atoms with Crippen molar-refractivity contribution in [1.29, 1.82) is 0 Å². The van der Waals surface area contributed by atoms with Gasteiger partial charge in [-0.15, -0.1) is 11.3 Å². The molecule has 2 atom stereocenters. The second kappa shape index (κ2) is 4.92. The number of rotatable bonds is 3. The Hall–Kier alpha value is -1.43. The number of aliphatic carboxylic acids is 1. The van der Waals surface area contributed by atoms with Crippen molar-refractivity contribution in [2.45, 2.75) is 25.1 Å². The highest BCUT2D eigenvalue weighted by atomic mass is 32.1. The molecule has 2 N–H and O–H groups in total. The second-order valence-corrected chi connectivity index (χ2v) is 6.09. The van der Waals surface area contributed by atoms with Crippen LogP contribution in [0.25, 0.3) is 10.1 Å². The summed E-state index contributed by atoms with van der Waals surface area (Å²) < 4.78 is 1.21. The number of hydrogen-bond donors (Lipinski definition) is 2. The van der Waals surface area contributed by atoms with E-state index in [1.807, 2.05) is 17.0 Å². The number of carbonyl (C=O) groups is 1. The van der Waals surface area contributed by atoms with Crippen LogP contribution in [0.15, 0.2) is 30.3 Å². The van der Waals surface area contributed by atoms with Crippen LogP contribution in [0.2, 0.25) is 0 Å². The highest BCUT2D eigenvalue weighted by Gasteiger charge is 2.35. The Morgan fingerprint density at radius 1 is 1.42 bits per heavy atom. The van der Waals surface area contributed by atoms with Crippen LogP contribution in [0.3, 0.4) is 0 Å². The van der Waals surface area contributed by atoms with Gasteiger partial charge in [0, 0.05) is 29.1 Å². The molecular weight excluding hydrogens is 262 g/mol. The molecule has 2 aromatic rings. The number of benzene rings is 1. The monoisotopic (exact) mass is 277 g/mol. The van der Waals surface area contributed by atoms with Gasteiger partial charge >= 0.3 is 5.97 Å². The Balaban J connectivity index is 1.82. The zero-order chi connectivity index (χ0) is 13.4. The number of likely N-dealkylation sites (tertiary alicyclic amines) is 1. The van der Waals surface area contributed by atoms with E-state index < -0.39 is 18.1 Å². The molecule has 4 nitrogen and oxygen atoms in total. The zero-order valence-corrected chi connectivity index (χ0v) is 11.1. The van der Waals surface area contributed by atoms with Gasteiger partial charge in [0.2, 0.25) is 0 Å². The Morgan fingerprint density at radius 3 is 2.95 bits per heavy atom. The minimum absolute atomic E-state index is 0.320. The van der Waals surface area contributed by atoms with E-state index in [0.717, 1.165) is 4.88 Å². The summed E-state index contributed by atoms with van der Waals surface area (Å²) in [6.07, 6.45) is -0.212. The van der Waals surface area contributed by atoms with Gasteiger partial charge in [0.15, 0.2) is 0 Å². The lowest BCUT2D eigenvalue weighted by Gasteiger charge is -2.19. The van der Waals surface area contributed by atoms with E-state index in [9.17, 15) is 9.90 Å². The summed E-state index contributed by atoms with van der Waals surface area (Å²) in [6, 6.07) is 9.66. The molecule has 5 heteroatoms. The highest BCUT2D eigenvalue weighted by Crippen LogP contribution is 2.28. The van der Waals surface area contributed by atoms with Crippen LogP contribution in [0.4, 0.5) is 0 Å². The number of carboxylic acid groups (broad SMARTS) is 1. The van der Waals surface area contributed by atoms with Crippen LogP contribution in [0.1, 0.15) is 11.3 Å². The molecule has 1 aliphatic rings. The summed E-state index contributed by atoms with van der Waals surface area (Å²) in [5.41, 5.74) is 0. The van der Waals surface area contributed by atoms with Crippen molar-refractivity contribution < 1.29 is 15.0 Å². The Kier molecular flexibility index (Phi) is 3.26. The van der Waals surface area contributed by atoms with E-state index in [0.29, 0.717) is 19.5 Å². The Labute approximate surface area is 114 Å². The predicted octanol–water partition coefficient (Wildman–Crippen LogP) is 1.92. The van der Waals surface area contributed by atoms with Crippen LogP contribution in [-0.2, 0) is 11.3 Å². The van der Waals surface area contributed by atoms with Crippen LogP contribution in [-0.4, -0.2) is 39.8 Å². The maximum Gasteiger partial charge on any atom is 0.321 e. The fraction of sp³-hybridized carbons (Fsp3) is 0.357. The van der Waals surface area contributed by atoms with Crippen LogP contribution >= 0.6 is 11.3 Å². The largest absolute Gasteiger partial charge is 0.480 e. The van der Waals surface area contributed by atoms with Gasteiger partial charge < -0.3 is 10.2 Å². The normalized spacial score (nSPS) is 24.1. The molecule has 1 aromatic carbocycles. The van der Waals surface area contributed by atoms with E-state index in [4.69, 9.17) is 5.11 Å². The number of β-amino-alcohol motifs (C(OH)–C–C–N with tert-alkyl or cyclic N) is 1. The SMILES string of the molecule is O=C(O)[C@@H]1C[C@@H](O)CN1Cc1cc2ccccc2s1. The highest BCUT2D eigenvalue weighted by molar-refractivity contribution is 7.19. The first kappa shape index (κ1) is 12.6. The number of hydrogen-bond acceptors (Lipinski definition) is 4. The standard InChI is InChI=1S/C14H15NO3S/c16-10-6-12(14(17)18)15(7-10)8-11-5-9-3-1-2-4-13(9)19-11/h1-5,10,12,16H,6-8H2,(H,17,18)/t10-,12+/m1/s1. The van der Waals surface area contributed by atoms with E-state index in [1.165, 1.54) is 10.1 Å². The van der Waals surface area contributed by atoms with Crippen molar-refractivity contribution in [1.82, 2.24) is 4.90 Å². The molecule has 1 saturated heterocycles. The topological polar surface area (TPSA) is 60.8 Å². The first-order valence-electron chi connectivity index (χ1n) is 6.26. The maximum absolute atomic E-state index is 11.2. The van der Waals surface area contributed by atoms with Gasteiger partial charge in [-0.2, -0.15) is 0 Å². The minimum atomic E-state index is -0.849. The molecule has 19 heavy (non-hydrogen) atoms. The van der Waals surface area contributed by atoms with E-state index in [2.05, 4.69) is 18.2 Å². The van der Waals surface area contributed by atoms with Crippen molar-refractivity contribution in [3.8, 4) is 0 Å². The maximum atomic E-state index is 11.2. The summed E-state index contributed by atoms with van der Waals surface area (Å²) in [7, 11) is 0. The summed E-state index contributed by atoms with van der Waals surface area (Å²) in [6.45, 7) is 1.03. The van der Waals surface area contributed by atoms with Crippen molar-refractivity contribution in [3.05, 3.63) is 35.2 Å². The number of aliphatic hydroxyl groups is 1. The first-order chi connectivity index (χ1) is 9.13. The number of nitrogens with zero attached hydrogens (tertiary/aromatic N) is 1. The third kappa shape index (κ3) is 2.49. The quantitative estimate of drug-likeness (QED) is 0.900. The molecule has 2 heterocycles. The van der Waals surface area contributed by atoms with Crippen molar-refractivity contribution in [3.63, 3.8) is 0 Å². The number of fused-ring (bicyclic) bond motifs is 1. The number of thiophene rings is 1. The lowest BCUT2D eigenvalue weighted by molar-refractivity contribution is -0.142. The average Bonchev–Trinajstić information content (AvgIpc) is 2.92. The van der Waals surface area contributed by atoms with E-state index in [1.54, 1.807) is 11.3 Å². The third-order valence-electron chi connectivity index (χ3n) is 3.50. The molecule has 3 rings (SSSR count). The molecule has 0 spiro atoms. The minimum Gasteiger partial charge on any atom is -0.480 e. The first-order valence-corrected chi connectivity index (χ1v) is 7.07. The predicted molar refractivity (Wildman–Crippen MR) is 74.3 cm³/mol. The van der Waals surface area contributed by atoms with Gasteiger partial charge in [0.1, 0.15) is 6.04 Å². The molecule has 100 valence electrons. The van der Waals surface area contributed by atoms with E-state index >= 15 is 0 Å². The summed E-state index contributed by atoms with van der Waals surface area (Å²) >= 11 is 1.68. The van der Waals surface area contributed by atoms with E-state index in [-0.39, 0.29) is 0 Å². The number of aliphatic hydroxyl groups excluding tert-OH is 1. The lowest BCUT2D eigenvalue weighted by Crippen LogP contribution is -2.35. The van der Waals surface area contributed by atoms with Gasteiger partial charge in [-0.25, -0.2) is 0 Å².